The van der Waals surface area contributed by atoms with Crippen LogP contribution in [0, 0.1) is 11.3 Å². The standard InChI is InChI=1S/C20H19NO4/c1-23-11-12-25-19-10-8-17(13-20(19)24-2)18(22)9-7-15-3-5-16(14-21)6-4-15/h3-10,13H,11-12H2,1-2H3. The highest BCUT2D eigenvalue weighted by atomic mass is 16.5. The minimum absolute atomic E-state index is 0.147. The van der Waals surface area contributed by atoms with Gasteiger partial charge in [-0.3, -0.25) is 4.79 Å². The number of ether oxygens (including phenoxy) is 3. The lowest BCUT2D eigenvalue weighted by atomic mass is 10.1. The van der Waals surface area contributed by atoms with Gasteiger partial charge in [-0.25, -0.2) is 0 Å². The molecule has 25 heavy (non-hydrogen) atoms. The number of nitrogens with zero attached hydrogens (tertiary/aromatic N) is 1. The second-order valence-electron chi connectivity index (χ2n) is 5.14. The maximum atomic E-state index is 12.3. The van der Waals surface area contributed by atoms with E-state index in [1.54, 1.807) is 55.7 Å². The number of rotatable bonds is 8. The van der Waals surface area contributed by atoms with Gasteiger partial charge >= 0.3 is 0 Å². The molecule has 2 aromatic rings. The van der Waals surface area contributed by atoms with Crippen molar-refractivity contribution in [3.63, 3.8) is 0 Å². The van der Waals surface area contributed by atoms with E-state index in [0.29, 0.717) is 35.8 Å². The zero-order valence-electron chi connectivity index (χ0n) is 14.2. The molecule has 0 aliphatic rings. The molecule has 0 fully saturated rings. The molecule has 2 rings (SSSR count). The van der Waals surface area contributed by atoms with Gasteiger partial charge in [0.05, 0.1) is 25.3 Å². The van der Waals surface area contributed by atoms with Gasteiger partial charge in [-0.05, 0) is 42.0 Å². The molecule has 0 aliphatic carbocycles. The van der Waals surface area contributed by atoms with Gasteiger partial charge in [0.1, 0.15) is 6.61 Å². The molecule has 0 amide bonds. The van der Waals surface area contributed by atoms with Gasteiger partial charge in [0.2, 0.25) is 0 Å². The third-order valence-electron chi connectivity index (χ3n) is 3.46. The van der Waals surface area contributed by atoms with E-state index in [0.717, 1.165) is 5.56 Å². The summed E-state index contributed by atoms with van der Waals surface area (Å²) in [6.45, 7) is 0.871. The minimum Gasteiger partial charge on any atom is -0.493 e. The van der Waals surface area contributed by atoms with E-state index >= 15 is 0 Å². The Labute approximate surface area is 147 Å². The number of nitriles is 1. The Bertz CT molecular complexity index is 788. The van der Waals surface area contributed by atoms with Crippen LogP contribution in [0.4, 0.5) is 0 Å². The number of carbonyl (C=O) groups is 1. The maximum Gasteiger partial charge on any atom is 0.185 e. The van der Waals surface area contributed by atoms with Crippen LogP contribution in [0.2, 0.25) is 0 Å². The van der Waals surface area contributed by atoms with E-state index in [2.05, 4.69) is 6.07 Å². The van der Waals surface area contributed by atoms with Crippen LogP contribution in [0.15, 0.2) is 48.5 Å². The van der Waals surface area contributed by atoms with Crippen molar-refractivity contribution in [2.24, 2.45) is 0 Å². The predicted molar refractivity (Wildman–Crippen MR) is 94.9 cm³/mol. The topological polar surface area (TPSA) is 68.5 Å². The Morgan fingerprint density at radius 3 is 2.48 bits per heavy atom. The largest absolute Gasteiger partial charge is 0.493 e. The molecule has 2 aromatic carbocycles. The molecule has 5 heteroatoms. The van der Waals surface area contributed by atoms with E-state index in [1.807, 2.05) is 0 Å². The van der Waals surface area contributed by atoms with Crippen LogP contribution in [0.1, 0.15) is 21.5 Å². The van der Waals surface area contributed by atoms with Crippen LogP contribution in [0.5, 0.6) is 11.5 Å². The van der Waals surface area contributed by atoms with Crippen molar-refractivity contribution in [3.05, 3.63) is 65.2 Å². The van der Waals surface area contributed by atoms with Crippen molar-refractivity contribution in [2.45, 2.75) is 0 Å². The molecule has 0 saturated carbocycles. The Kier molecular flexibility index (Phi) is 6.76. The summed E-state index contributed by atoms with van der Waals surface area (Å²) in [4.78, 5) is 12.3. The second kappa shape index (κ2) is 9.26. The average molecular weight is 337 g/mol. The zero-order chi connectivity index (χ0) is 18.1. The SMILES string of the molecule is COCCOc1ccc(C(=O)C=Cc2ccc(C#N)cc2)cc1OC. The van der Waals surface area contributed by atoms with Crippen LogP contribution in [-0.4, -0.2) is 33.2 Å². The molecule has 128 valence electrons. The van der Waals surface area contributed by atoms with Gasteiger partial charge in [0, 0.05) is 12.7 Å². The number of allylic oxidation sites excluding steroid dienone is 1. The fourth-order valence-electron chi connectivity index (χ4n) is 2.11. The predicted octanol–water partition coefficient (Wildman–Crippen LogP) is 3.49. The molecule has 0 bridgehead atoms. The molecular weight excluding hydrogens is 318 g/mol. The highest BCUT2D eigenvalue weighted by molar-refractivity contribution is 6.07. The minimum atomic E-state index is -0.147. The lowest BCUT2D eigenvalue weighted by molar-refractivity contribution is 0.104. The molecule has 0 aromatic heterocycles. The first kappa shape index (κ1) is 18.2. The summed E-state index contributed by atoms with van der Waals surface area (Å²) in [5, 5.41) is 8.78. The molecule has 0 spiro atoms. The first-order valence-electron chi connectivity index (χ1n) is 7.70. The third kappa shape index (κ3) is 5.20. The number of benzene rings is 2. The van der Waals surface area contributed by atoms with Crippen molar-refractivity contribution in [1.29, 1.82) is 5.26 Å². The van der Waals surface area contributed by atoms with Gasteiger partial charge in [0.15, 0.2) is 17.3 Å². The van der Waals surface area contributed by atoms with E-state index < -0.39 is 0 Å². The molecule has 0 heterocycles. The third-order valence-corrected chi connectivity index (χ3v) is 3.46. The number of hydrogen-bond acceptors (Lipinski definition) is 5. The van der Waals surface area contributed by atoms with Crippen molar-refractivity contribution in [2.75, 3.05) is 27.4 Å². The van der Waals surface area contributed by atoms with Crippen LogP contribution in [0.25, 0.3) is 6.08 Å². The summed E-state index contributed by atoms with van der Waals surface area (Å²) >= 11 is 0. The lowest BCUT2D eigenvalue weighted by Gasteiger charge is -2.11. The fourth-order valence-corrected chi connectivity index (χ4v) is 2.11. The van der Waals surface area contributed by atoms with Crippen molar-refractivity contribution in [3.8, 4) is 17.6 Å². The first-order valence-corrected chi connectivity index (χ1v) is 7.70. The monoisotopic (exact) mass is 337 g/mol. The van der Waals surface area contributed by atoms with Crippen molar-refractivity contribution in [1.82, 2.24) is 0 Å². The van der Waals surface area contributed by atoms with E-state index in [1.165, 1.54) is 13.2 Å². The number of hydrogen-bond donors (Lipinski definition) is 0. The second-order valence-corrected chi connectivity index (χ2v) is 5.14. The van der Waals surface area contributed by atoms with Gasteiger partial charge in [-0.15, -0.1) is 0 Å². The summed E-state index contributed by atoms with van der Waals surface area (Å²) in [6, 6.07) is 14.1. The summed E-state index contributed by atoms with van der Waals surface area (Å²) < 4.78 is 15.8. The van der Waals surface area contributed by atoms with Crippen LogP contribution in [0.3, 0.4) is 0 Å². The van der Waals surface area contributed by atoms with E-state index in [-0.39, 0.29) is 5.78 Å². The highest BCUT2D eigenvalue weighted by Gasteiger charge is 2.09. The molecule has 0 aliphatic heterocycles. The highest BCUT2D eigenvalue weighted by Crippen LogP contribution is 2.28. The van der Waals surface area contributed by atoms with E-state index in [9.17, 15) is 4.79 Å². The van der Waals surface area contributed by atoms with E-state index in [4.69, 9.17) is 19.5 Å². The van der Waals surface area contributed by atoms with Gasteiger partial charge < -0.3 is 14.2 Å². The van der Waals surface area contributed by atoms with Crippen molar-refractivity contribution < 1.29 is 19.0 Å². The fraction of sp³-hybridized carbons (Fsp3) is 0.200. The summed E-state index contributed by atoms with van der Waals surface area (Å²) in [6.07, 6.45) is 3.20. The molecule has 0 unspecified atom stereocenters. The maximum absolute atomic E-state index is 12.3. The van der Waals surface area contributed by atoms with Crippen LogP contribution >= 0.6 is 0 Å². The van der Waals surface area contributed by atoms with Gasteiger partial charge in [0.25, 0.3) is 0 Å². The molecular formula is C20H19NO4. The van der Waals surface area contributed by atoms with Crippen molar-refractivity contribution >= 4 is 11.9 Å². The van der Waals surface area contributed by atoms with Crippen LogP contribution in [-0.2, 0) is 4.74 Å². The molecule has 0 N–H and O–H groups in total. The molecule has 5 nitrogen and oxygen atoms in total. The normalized spacial score (nSPS) is 10.4. The Balaban J connectivity index is 2.10. The lowest BCUT2D eigenvalue weighted by Crippen LogP contribution is -2.06. The Hall–Kier alpha value is -3.10. The first-order chi connectivity index (χ1) is 12.2. The number of carbonyl (C=O) groups excluding carboxylic acids is 1. The van der Waals surface area contributed by atoms with Crippen LogP contribution < -0.4 is 9.47 Å². The molecule has 0 atom stereocenters. The Morgan fingerprint density at radius 1 is 1.08 bits per heavy atom. The van der Waals surface area contributed by atoms with Gasteiger partial charge in [-0.2, -0.15) is 5.26 Å². The molecule has 0 radical (unpaired) electrons. The quantitative estimate of drug-likeness (QED) is 0.419. The molecule has 0 saturated heterocycles. The zero-order valence-corrected chi connectivity index (χ0v) is 14.2. The summed E-state index contributed by atoms with van der Waals surface area (Å²) in [5.41, 5.74) is 1.93. The summed E-state index contributed by atoms with van der Waals surface area (Å²) in [5.74, 6) is 0.909. The average Bonchev–Trinajstić information content (AvgIpc) is 2.66. The number of methoxy groups -OCH3 is 2. The van der Waals surface area contributed by atoms with Gasteiger partial charge in [-0.1, -0.05) is 18.2 Å². The Morgan fingerprint density at radius 2 is 1.84 bits per heavy atom. The smallest absolute Gasteiger partial charge is 0.185 e. The number of ketones is 1. The summed E-state index contributed by atoms with van der Waals surface area (Å²) in [7, 11) is 3.13.